The van der Waals surface area contributed by atoms with Crippen LogP contribution in [-0.2, 0) is 4.79 Å². The lowest BCUT2D eigenvalue weighted by Gasteiger charge is -2.35. The first-order valence-corrected chi connectivity index (χ1v) is 7.22. The zero-order valence-electron chi connectivity index (χ0n) is 11.1. The van der Waals surface area contributed by atoms with Crippen molar-refractivity contribution in [1.29, 1.82) is 0 Å². The van der Waals surface area contributed by atoms with E-state index in [2.05, 4.69) is 21.6 Å². The van der Waals surface area contributed by atoms with E-state index < -0.39 is 0 Å². The van der Waals surface area contributed by atoms with E-state index >= 15 is 0 Å². The number of nitrogens with zero attached hydrogens (tertiary/aromatic N) is 3. The van der Waals surface area contributed by atoms with E-state index in [0.29, 0.717) is 6.04 Å². The summed E-state index contributed by atoms with van der Waals surface area (Å²) < 4.78 is 4.10. The molecular formula is C12H20N4OS. The van der Waals surface area contributed by atoms with Crippen LogP contribution in [0.5, 0.6) is 0 Å². The second-order valence-corrected chi connectivity index (χ2v) is 5.64. The Morgan fingerprint density at radius 1 is 1.56 bits per heavy atom. The predicted octanol–water partition coefficient (Wildman–Crippen LogP) is 2.05. The standard InChI is InChI=1S/C12H20N4OS/c1-8-6-4-5-7-16(8)11(17)9(2)13-12-14-10(3)15-18-12/h8-9H,4-7H2,1-3H3,(H,13,14,15). The summed E-state index contributed by atoms with van der Waals surface area (Å²) in [6, 6.07) is 0.115. The zero-order valence-corrected chi connectivity index (χ0v) is 12.0. The van der Waals surface area contributed by atoms with E-state index in [1.165, 1.54) is 18.0 Å². The molecule has 100 valence electrons. The van der Waals surface area contributed by atoms with E-state index in [0.717, 1.165) is 30.3 Å². The van der Waals surface area contributed by atoms with Crippen molar-refractivity contribution < 1.29 is 4.79 Å². The molecule has 1 amide bonds. The average Bonchev–Trinajstić information content (AvgIpc) is 2.74. The summed E-state index contributed by atoms with van der Waals surface area (Å²) >= 11 is 1.30. The van der Waals surface area contributed by atoms with E-state index in [4.69, 9.17) is 0 Å². The Hall–Kier alpha value is -1.17. The van der Waals surface area contributed by atoms with Gasteiger partial charge in [-0.25, -0.2) is 4.98 Å². The Labute approximate surface area is 112 Å². The highest BCUT2D eigenvalue weighted by atomic mass is 32.1. The van der Waals surface area contributed by atoms with E-state index in [9.17, 15) is 4.79 Å². The smallest absolute Gasteiger partial charge is 0.245 e. The third kappa shape index (κ3) is 2.98. The first-order chi connectivity index (χ1) is 8.58. The Morgan fingerprint density at radius 2 is 2.33 bits per heavy atom. The van der Waals surface area contributed by atoms with Gasteiger partial charge in [0.15, 0.2) is 0 Å². The number of likely N-dealkylation sites (tertiary alicyclic amines) is 1. The van der Waals surface area contributed by atoms with Gasteiger partial charge in [0.2, 0.25) is 11.0 Å². The van der Waals surface area contributed by atoms with E-state index in [-0.39, 0.29) is 11.9 Å². The van der Waals surface area contributed by atoms with Crippen molar-refractivity contribution in [2.75, 3.05) is 11.9 Å². The Morgan fingerprint density at radius 3 is 2.94 bits per heavy atom. The Balaban J connectivity index is 1.95. The molecule has 0 saturated carbocycles. The molecule has 1 saturated heterocycles. The highest BCUT2D eigenvalue weighted by Crippen LogP contribution is 2.19. The maximum absolute atomic E-state index is 12.3. The molecule has 0 aromatic carbocycles. The number of hydrogen-bond donors (Lipinski definition) is 1. The molecular weight excluding hydrogens is 248 g/mol. The van der Waals surface area contributed by atoms with Crippen LogP contribution in [0, 0.1) is 6.92 Å². The van der Waals surface area contributed by atoms with Crippen molar-refractivity contribution in [3.63, 3.8) is 0 Å². The van der Waals surface area contributed by atoms with Crippen LogP contribution in [0.1, 0.15) is 38.9 Å². The van der Waals surface area contributed by atoms with E-state index in [1.54, 1.807) is 0 Å². The van der Waals surface area contributed by atoms with Crippen LogP contribution in [0.3, 0.4) is 0 Å². The largest absolute Gasteiger partial charge is 0.349 e. The first kappa shape index (κ1) is 13.3. The highest BCUT2D eigenvalue weighted by Gasteiger charge is 2.27. The lowest BCUT2D eigenvalue weighted by molar-refractivity contribution is -0.134. The summed E-state index contributed by atoms with van der Waals surface area (Å²) in [6.07, 6.45) is 3.44. The van der Waals surface area contributed by atoms with Gasteiger partial charge in [-0.15, -0.1) is 0 Å². The van der Waals surface area contributed by atoms with Gasteiger partial charge < -0.3 is 10.2 Å². The zero-order chi connectivity index (χ0) is 13.1. The number of carbonyl (C=O) groups is 1. The number of piperidine rings is 1. The quantitative estimate of drug-likeness (QED) is 0.911. The molecule has 1 fully saturated rings. The number of rotatable bonds is 3. The minimum Gasteiger partial charge on any atom is -0.349 e. The SMILES string of the molecule is Cc1nsc(NC(C)C(=O)N2CCCCC2C)n1. The predicted molar refractivity (Wildman–Crippen MR) is 72.8 cm³/mol. The number of amides is 1. The fourth-order valence-electron chi connectivity index (χ4n) is 2.28. The molecule has 2 unspecified atom stereocenters. The molecule has 0 bridgehead atoms. The third-order valence-corrected chi connectivity index (χ3v) is 4.06. The lowest BCUT2D eigenvalue weighted by atomic mass is 10.0. The Bertz CT molecular complexity index is 420. The molecule has 1 aromatic rings. The van der Waals surface area contributed by atoms with Crippen molar-refractivity contribution in [1.82, 2.24) is 14.3 Å². The fraction of sp³-hybridized carbons (Fsp3) is 0.750. The van der Waals surface area contributed by atoms with Crippen molar-refractivity contribution in [3.8, 4) is 0 Å². The van der Waals surface area contributed by atoms with Crippen LogP contribution in [-0.4, -0.2) is 38.8 Å². The van der Waals surface area contributed by atoms with Crippen LogP contribution < -0.4 is 5.32 Å². The summed E-state index contributed by atoms with van der Waals surface area (Å²) in [5.41, 5.74) is 0. The Kier molecular flexibility index (Phi) is 4.16. The minimum absolute atomic E-state index is 0.162. The maximum atomic E-state index is 12.3. The highest BCUT2D eigenvalue weighted by molar-refractivity contribution is 7.09. The molecule has 1 aliphatic rings. The number of anilines is 1. The monoisotopic (exact) mass is 268 g/mol. The number of carbonyl (C=O) groups excluding carboxylic acids is 1. The van der Waals surface area contributed by atoms with Crippen LogP contribution >= 0.6 is 11.5 Å². The van der Waals surface area contributed by atoms with Gasteiger partial charge in [0.1, 0.15) is 11.9 Å². The van der Waals surface area contributed by atoms with Crippen molar-refractivity contribution >= 4 is 22.6 Å². The third-order valence-electron chi connectivity index (χ3n) is 3.32. The molecule has 0 radical (unpaired) electrons. The average molecular weight is 268 g/mol. The number of nitrogens with one attached hydrogen (secondary N) is 1. The van der Waals surface area contributed by atoms with Crippen LogP contribution in [0.4, 0.5) is 5.13 Å². The molecule has 1 aliphatic heterocycles. The second kappa shape index (κ2) is 5.65. The molecule has 18 heavy (non-hydrogen) atoms. The molecule has 0 aliphatic carbocycles. The number of aryl methyl sites for hydroxylation is 1. The van der Waals surface area contributed by atoms with Gasteiger partial charge in [-0.1, -0.05) is 0 Å². The van der Waals surface area contributed by atoms with Gasteiger partial charge in [-0.2, -0.15) is 4.37 Å². The summed E-state index contributed by atoms with van der Waals surface area (Å²) in [5.74, 6) is 0.906. The summed E-state index contributed by atoms with van der Waals surface area (Å²) in [4.78, 5) is 18.5. The van der Waals surface area contributed by atoms with Crippen LogP contribution in [0.2, 0.25) is 0 Å². The van der Waals surface area contributed by atoms with E-state index in [1.807, 2.05) is 18.7 Å². The minimum atomic E-state index is -0.238. The fourth-order valence-corrected chi connectivity index (χ4v) is 2.94. The number of hydrogen-bond acceptors (Lipinski definition) is 5. The first-order valence-electron chi connectivity index (χ1n) is 6.45. The normalized spacial score (nSPS) is 21.7. The molecule has 1 N–H and O–H groups in total. The van der Waals surface area contributed by atoms with Gasteiger partial charge >= 0.3 is 0 Å². The summed E-state index contributed by atoms with van der Waals surface area (Å²) in [5, 5.41) is 3.85. The lowest BCUT2D eigenvalue weighted by Crippen LogP contribution is -2.48. The van der Waals surface area contributed by atoms with Gasteiger partial charge in [-0.3, -0.25) is 4.79 Å². The van der Waals surface area contributed by atoms with Crippen LogP contribution in [0.25, 0.3) is 0 Å². The maximum Gasteiger partial charge on any atom is 0.245 e. The van der Waals surface area contributed by atoms with Gasteiger partial charge in [0.25, 0.3) is 0 Å². The molecule has 1 aromatic heterocycles. The van der Waals surface area contributed by atoms with Crippen molar-refractivity contribution in [2.24, 2.45) is 0 Å². The summed E-state index contributed by atoms with van der Waals surface area (Å²) in [6.45, 7) is 6.74. The van der Waals surface area contributed by atoms with Crippen molar-refractivity contribution in [3.05, 3.63) is 5.82 Å². The molecule has 6 heteroatoms. The second-order valence-electron chi connectivity index (χ2n) is 4.89. The molecule has 2 heterocycles. The molecule has 0 spiro atoms. The molecule has 2 rings (SSSR count). The van der Waals surface area contributed by atoms with Crippen molar-refractivity contribution in [2.45, 2.75) is 52.1 Å². The van der Waals surface area contributed by atoms with Gasteiger partial charge in [0.05, 0.1) is 0 Å². The topological polar surface area (TPSA) is 58.1 Å². The molecule has 5 nitrogen and oxygen atoms in total. The van der Waals surface area contributed by atoms with Gasteiger partial charge in [0, 0.05) is 24.1 Å². The molecule has 2 atom stereocenters. The van der Waals surface area contributed by atoms with Crippen LogP contribution in [0.15, 0.2) is 0 Å². The van der Waals surface area contributed by atoms with Gasteiger partial charge in [-0.05, 0) is 40.0 Å². The number of aromatic nitrogens is 2. The summed E-state index contributed by atoms with van der Waals surface area (Å²) in [7, 11) is 0.